The molecule has 0 aliphatic rings. The largest absolute Gasteiger partial charge is 0.457 e. The lowest BCUT2D eigenvalue weighted by Crippen LogP contribution is -1.91. The first-order valence-electron chi connectivity index (χ1n) is 7.71. The van der Waals surface area contributed by atoms with Crippen LogP contribution in [0.4, 0.5) is 5.69 Å². The van der Waals surface area contributed by atoms with Gasteiger partial charge in [0.2, 0.25) is 0 Å². The monoisotopic (exact) mass is 364 g/mol. The number of hydrogen-bond acceptors (Lipinski definition) is 4. The number of hydrogen-bond donors (Lipinski definition) is 0. The maximum atomic E-state index is 11.1. The summed E-state index contributed by atoms with van der Waals surface area (Å²) in [6, 6.07) is 17.5. The lowest BCUT2D eigenvalue weighted by Gasteiger charge is -2.01. The third-order valence-electron chi connectivity index (χ3n) is 3.86. The van der Waals surface area contributed by atoms with Crippen molar-refractivity contribution >= 4 is 28.9 Å². The van der Waals surface area contributed by atoms with Crippen LogP contribution in [0, 0.1) is 28.4 Å². The zero-order valence-electron chi connectivity index (χ0n) is 13.8. The van der Waals surface area contributed by atoms with Gasteiger partial charge in [-0.1, -0.05) is 35.9 Å². The van der Waals surface area contributed by atoms with E-state index < -0.39 is 4.92 Å². The van der Waals surface area contributed by atoms with Gasteiger partial charge >= 0.3 is 0 Å². The number of halogens is 1. The molecule has 0 unspecified atom stereocenters. The maximum absolute atomic E-state index is 11.1. The minimum Gasteiger partial charge on any atom is -0.457 e. The van der Waals surface area contributed by atoms with Crippen LogP contribution in [0.2, 0.25) is 5.02 Å². The van der Waals surface area contributed by atoms with E-state index >= 15 is 0 Å². The molecule has 3 rings (SSSR count). The molecule has 2 aromatic carbocycles. The number of benzene rings is 2. The number of nitrogens with zero attached hydrogens (tertiary/aromatic N) is 2. The van der Waals surface area contributed by atoms with Gasteiger partial charge in [-0.25, -0.2) is 0 Å². The van der Waals surface area contributed by atoms with E-state index in [-0.39, 0.29) is 5.69 Å². The molecule has 5 nitrogen and oxygen atoms in total. The smallest absolute Gasteiger partial charge is 0.273 e. The lowest BCUT2D eigenvalue weighted by atomic mass is 10.1. The van der Waals surface area contributed by atoms with E-state index in [1.54, 1.807) is 61.5 Å². The Hall–Kier alpha value is -3.36. The van der Waals surface area contributed by atoms with Crippen LogP contribution in [-0.4, -0.2) is 4.92 Å². The molecule has 0 aliphatic carbocycles. The highest BCUT2D eigenvalue weighted by Crippen LogP contribution is 2.29. The molecule has 1 aromatic heterocycles. The minimum atomic E-state index is -0.421. The first-order chi connectivity index (χ1) is 12.5. The normalized spacial score (nSPS) is 11.2. The van der Waals surface area contributed by atoms with Gasteiger partial charge in [0.25, 0.3) is 5.69 Å². The van der Waals surface area contributed by atoms with Crippen LogP contribution in [0.3, 0.4) is 0 Å². The van der Waals surface area contributed by atoms with Crippen LogP contribution < -0.4 is 0 Å². The summed E-state index contributed by atoms with van der Waals surface area (Å²) in [5.74, 6) is 0.961. The Morgan fingerprint density at radius 1 is 1.23 bits per heavy atom. The SMILES string of the molecule is Cc1ccc(-c2ccc(/C=C(/C#N)c3cccc(Cl)c3)o2)cc1[N+](=O)[O-]. The second-order valence-corrected chi connectivity index (χ2v) is 6.08. The fourth-order valence-electron chi connectivity index (χ4n) is 2.52. The van der Waals surface area contributed by atoms with Crippen molar-refractivity contribution in [3.8, 4) is 17.4 Å². The molecule has 128 valence electrons. The quantitative estimate of drug-likeness (QED) is 0.329. The molecule has 0 saturated carbocycles. The molecule has 6 heteroatoms. The van der Waals surface area contributed by atoms with Crippen molar-refractivity contribution in [2.45, 2.75) is 6.92 Å². The standard InChI is InChI=1S/C20H13ClN2O3/c1-13-5-6-15(11-19(13)23(24)25)20-8-7-18(26-20)10-16(12-22)14-3-2-4-17(21)9-14/h2-11H,1H3/b16-10-. The van der Waals surface area contributed by atoms with Crippen molar-refractivity contribution in [3.63, 3.8) is 0 Å². The molecule has 0 aliphatic heterocycles. The topological polar surface area (TPSA) is 80.1 Å². The van der Waals surface area contributed by atoms with Gasteiger partial charge in [0.15, 0.2) is 0 Å². The molecule has 0 saturated heterocycles. The minimum absolute atomic E-state index is 0.0348. The van der Waals surface area contributed by atoms with Crippen molar-refractivity contribution in [1.29, 1.82) is 5.26 Å². The number of furan rings is 1. The molecule has 0 spiro atoms. The highest BCUT2D eigenvalue weighted by molar-refractivity contribution is 6.30. The Bertz CT molecular complexity index is 1060. The van der Waals surface area contributed by atoms with Crippen molar-refractivity contribution in [2.75, 3.05) is 0 Å². The first kappa shape index (κ1) is 17.5. The number of nitro benzene ring substituents is 1. The highest BCUT2D eigenvalue weighted by atomic mass is 35.5. The van der Waals surface area contributed by atoms with E-state index in [1.807, 2.05) is 0 Å². The van der Waals surface area contributed by atoms with Gasteiger partial charge in [-0.3, -0.25) is 10.1 Å². The Kier molecular flexibility index (Phi) is 4.87. The Balaban J connectivity index is 1.96. The van der Waals surface area contributed by atoms with E-state index in [4.69, 9.17) is 16.0 Å². The van der Waals surface area contributed by atoms with Crippen molar-refractivity contribution < 1.29 is 9.34 Å². The third-order valence-corrected chi connectivity index (χ3v) is 4.09. The Morgan fingerprint density at radius 3 is 2.73 bits per heavy atom. The van der Waals surface area contributed by atoms with Gasteiger partial charge < -0.3 is 4.42 Å². The predicted molar refractivity (Wildman–Crippen MR) is 100 cm³/mol. The molecule has 0 amide bonds. The van der Waals surface area contributed by atoms with Crippen molar-refractivity contribution in [2.24, 2.45) is 0 Å². The Labute approximate surface area is 154 Å². The van der Waals surface area contributed by atoms with Gasteiger partial charge in [0, 0.05) is 22.2 Å². The average Bonchev–Trinajstić information content (AvgIpc) is 3.08. The van der Waals surface area contributed by atoms with Crippen molar-refractivity contribution in [3.05, 3.63) is 86.6 Å². The average molecular weight is 365 g/mol. The van der Waals surface area contributed by atoms with Crippen LogP contribution in [0.5, 0.6) is 0 Å². The van der Waals surface area contributed by atoms with Gasteiger partial charge in [-0.05, 0) is 42.8 Å². The number of aryl methyl sites for hydroxylation is 1. The number of nitro groups is 1. The summed E-state index contributed by atoms with van der Waals surface area (Å²) in [5.41, 5.74) is 2.31. The molecular weight excluding hydrogens is 352 g/mol. The molecule has 0 radical (unpaired) electrons. The van der Waals surface area contributed by atoms with E-state index in [1.165, 1.54) is 6.07 Å². The summed E-state index contributed by atoms with van der Waals surface area (Å²) in [7, 11) is 0. The van der Waals surface area contributed by atoms with Crippen LogP contribution in [-0.2, 0) is 0 Å². The summed E-state index contributed by atoms with van der Waals surface area (Å²) in [5, 5.41) is 21.0. The molecule has 3 aromatic rings. The highest BCUT2D eigenvalue weighted by Gasteiger charge is 2.14. The summed E-state index contributed by atoms with van der Waals surface area (Å²) in [6.45, 7) is 1.68. The predicted octanol–water partition coefficient (Wildman–Crippen LogP) is 5.88. The summed E-state index contributed by atoms with van der Waals surface area (Å²) < 4.78 is 5.75. The molecule has 0 fully saturated rings. The molecular formula is C20H13ClN2O3. The fraction of sp³-hybridized carbons (Fsp3) is 0.0500. The number of rotatable bonds is 4. The molecule has 26 heavy (non-hydrogen) atoms. The summed E-state index contributed by atoms with van der Waals surface area (Å²) >= 11 is 5.97. The van der Waals surface area contributed by atoms with E-state index in [2.05, 4.69) is 6.07 Å². The van der Waals surface area contributed by atoms with Crippen LogP contribution >= 0.6 is 11.6 Å². The van der Waals surface area contributed by atoms with E-state index in [0.717, 1.165) is 0 Å². The van der Waals surface area contributed by atoms with E-state index in [9.17, 15) is 15.4 Å². The van der Waals surface area contributed by atoms with Crippen LogP contribution in [0.25, 0.3) is 23.0 Å². The van der Waals surface area contributed by atoms with Gasteiger partial charge in [-0.2, -0.15) is 5.26 Å². The first-order valence-corrected chi connectivity index (χ1v) is 8.08. The van der Waals surface area contributed by atoms with Gasteiger partial charge in [0.1, 0.15) is 11.5 Å². The second-order valence-electron chi connectivity index (χ2n) is 5.64. The third kappa shape index (κ3) is 3.66. The van der Waals surface area contributed by atoms with E-state index in [0.29, 0.717) is 38.8 Å². The van der Waals surface area contributed by atoms with Gasteiger partial charge in [-0.15, -0.1) is 0 Å². The summed E-state index contributed by atoms with van der Waals surface area (Å²) in [6.07, 6.45) is 1.61. The molecule has 0 N–H and O–H groups in total. The lowest BCUT2D eigenvalue weighted by molar-refractivity contribution is -0.385. The van der Waals surface area contributed by atoms with Crippen LogP contribution in [0.1, 0.15) is 16.9 Å². The van der Waals surface area contributed by atoms with Crippen LogP contribution in [0.15, 0.2) is 59.0 Å². The summed E-state index contributed by atoms with van der Waals surface area (Å²) in [4.78, 5) is 10.7. The fourth-order valence-corrected chi connectivity index (χ4v) is 2.71. The molecule has 1 heterocycles. The molecule has 0 bridgehead atoms. The number of allylic oxidation sites excluding steroid dienone is 1. The van der Waals surface area contributed by atoms with Crippen molar-refractivity contribution in [1.82, 2.24) is 0 Å². The Morgan fingerprint density at radius 2 is 2.04 bits per heavy atom. The molecule has 0 atom stereocenters. The second kappa shape index (κ2) is 7.26. The van der Waals surface area contributed by atoms with Gasteiger partial charge in [0.05, 0.1) is 16.6 Å². The number of nitriles is 1. The zero-order chi connectivity index (χ0) is 18.7. The maximum Gasteiger partial charge on any atom is 0.273 e. The zero-order valence-corrected chi connectivity index (χ0v) is 14.5.